The second-order valence-electron chi connectivity index (χ2n) is 6.54. The second-order valence-corrected chi connectivity index (χ2v) is 8.62. The molecule has 0 radical (unpaired) electrons. The quantitative estimate of drug-likeness (QED) is 0.728. The number of anilines is 2. The number of rotatable bonds is 5. The summed E-state index contributed by atoms with van der Waals surface area (Å²) in [4.78, 5) is 12.8. The first-order valence-corrected chi connectivity index (χ1v) is 10.4. The van der Waals surface area contributed by atoms with Crippen molar-refractivity contribution in [3.63, 3.8) is 0 Å². The van der Waals surface area contributed by atoms with Crippen molar-refractivity contribution in [3.8, 4) is 0 Å². The molecule has 11 heteroatoms. The number of sulfonamides is 1. The number of amides is 1. The van der Waals surface area contributed by atoms with Gasteiger partial charge in [0.2, 0.25) is 5.91 Å². The van der Waals surface area contributed by atoms with E-state index in [4.69, 9.17) is 17.3 Å². The van der Waals surface area contributed by atoms with Gasteiger partial charge in [0.1, 0.15) is 0 Å². The van der Waals surface area contributed by atoms with Crippen LogP contribution in [-0.2, 0) is 16.2 Å². The normalized spacial score (nSPS) is 14.8. The maximum atomic E-state index is 13.1. The molecule has 156 valence electrons. The largest absolute Gasteiger partial charge is 0.417 e. The molecule has 0 aliphatic carbocycles. The zero-order chi connectivity index (χ0) is 21.4. The van der Waals surface area contributed by atoms with Gasteiger partial charge in [0.25, 0.3) is 10.0 Å². The van der Waals surface area contributed by atoms with E-state index >= 15 is 0 Å². The van der Waals surface area contributed by atoms with Crippen molar-refractivity contribution in [1.82, 2.24) is 0 Å². The summed E-state index contributed by atoms with van der Waals surface area (Å²) in [5.74, 6) is -0.760. The molecule has 3 N–H and O–H groups in total. The summed E-state index contributed by atoms with van der Waals surface area (Å²) in [7, 11) is -4.39. The summed E-state index contributed by atoms with van der Waals surface area (Å²) in [6, 6.07) is 6.63. The molecule has 0 unspecified atom stereocenters. The Morgan fingerprint density at radius 1 is 1.10 bits per heavy atom. The van der Waals surface area contributed by atoms with Crippen molar-refractivity contribution >= 4 is 38.9 Å². The topological polar surface area (TPSA) is 92.5 Å². The predicted molar refractivity (Wildman–Crippen MR) is 104 cm³/mol. The number of halogens is 4. The Morgan fingerprint density at radius 3 is 2.34 bits per heavy atom. The lowest BCUT2D eigenvalue weighted by atomic mass is 10.1. The van der Waals surface area contributed by atoms with E-state index in [1.54, 1.807) is 6.07 Å². The minimum atomic E-state index is -4.81. The van der Waals surface area contributed by atoms with Crippen LogP contribution >= 0.6 is 11.6 Å². The molecule has 0 bridgehead atoms. The van der Waals surface area contributed by atoms with Crippen LogP contribution in [0.2, 0.25) is 5.02 Å². The third-order valence-corrected chi connectivity index (χ3v) is 6.22. The monoisotopic (exact) mass is 447 g/mol. The maximum absolute atomic E-state index is 13.1. The number of hydrogen-bond donors (Lipinski definition) is 2. The van der Waals surface area contributed by atoms with E-state index in [0.29, 0.717) is 24.8 Å². The van der Waals surface area contributed by atoms with Gasteiger partial charge >= 0.3 is 6.18 Å². The zero-order valence-corrected chi connectivity index (χ0v) is 16.5. The molecular formula is C18H17ClF3N3O3S. The van der Waals surface area contributed by atoms with Gasteiger partial charge in [-0.2, -0.15) is 13.2 Å². The number of carbonyl (C=O) groups is 1. The Labute approximate surface area is 170 Å². The van der Waals surface area contributed by atoms with Gasteiger partial charge in [-0.25, -0.2) is 8.42 Å². The van der Waals surface area contributed by atoms with Crippen molar-refractivity contribution in [2.24, 2.45) is 5.73 Å². The molecule has 1 aliphatic heterocycles. The molecular weight excluding hydrogens is 431 g/mol. The van der Waals surface area contributed by atoms with Gasteiger partial charge in [-0.15, -0.1) is 0 Å². The molecule has 0 aromatic heterocycles. The van der Waals surface area contributed by atoms with E-state index in [-0.39, 0.29) is 11.3 Å². The first-order chi connectivity index (χ1) is 13.5. The molecule has 1 saturated heterocycles. The third-order valence-electron chi connectivity index (χ3n) is 4.53. The maximum Gasteiger partial charge on any atom is 0.417 e. The highest BCUT2D eigenvalue weighted by Gasteiger charge is 2.34. The fraction of sp³-hybridized carbons (Fsp3) is 0.278. The summed E-state index contributed by atoms with van der Waals surface area (Å²) >= 11 is 5.56. The number of nitrogens with two attached hydrogens (primary N) is 1. The predicted octanol–water partition coefficient (Wildman–Crippen LogP) is 3.86. The molecule has 2 aromatic rings. The lowest BCUT2D eigenvalue weighted by molar-refractivity contribution is -0.137. The van der Waals surface area contributed by atoms with E-state index < -0.39 is 37.6 Å². The van der Waals surface area contributed by atoms with Crippen molar-refractivity contribution in [1.29, 1.82) is 0 Å². The molecule has 2 aromatic carbocycles. The Hall–Kier alpha value is -2.46. The fourth-order valence-corrected chi connectivity index (χ4v) is 4.41. The van der Waals surface area contributed by atoms with Gasteiger partial charge in [0, 0.05) is 18.7 Å². The molecule has 0 saturated carbocycles. The smallest absolute Gasteiger partial charge is 0.370 e. The number of nitrogens with one attached hydrogen (secondary N) is 1. The van der Waals surface area contributed by atoms with Crippen LogP contribution in [-0.4, -0.2) is 27.4 Å². The van der Waals surface area contributed by atoms with Gasteiger partial charge in [-0.3, -0.25) is 9.52 Å². The zero-order valence-electron chi connectivity index (χ0n) is 15.0. The Bertz CT molecular complexity index is 1050. The summed E-state index contributed by atoms with van der Waals surface area (Å²) < 4.78 is 67.1. The van der Waals surface area contributed by atoms with Gasteiger partial charge < -0.3 is 10.6 Å². The van der Waals surface area contributed by atoms with Crippen LogP contribution < -0.4 is 15.4 Å². The number of nitrogens with zero attached hydrogens (tertiary/aromatic N) is 1. The first kappa shape index (κ1) is 21.3. The van der Waals surface area contributed by atoms with Crippen molar-refractivity contribution < 1.29 is 26.4 Å². The van der Waals surface area contributed by atoms with Crippen LogP contribution in [0.3, 0.4) is 0 Å². The molecule has 0 atom stereocenters. The molecule has 1 fully saturated rings. The van der Waals surface area contributed by atoms with Gasteiger partial charge in [0.05, 0.1) is 26.9 Å². The molecule has 6 nitrogen and oxygen atoms in total. The summed E-state index contributed by atoms with van der Waals surface area (Å²) in [5, 5.41) is -0.607. The number of carbonyl (C=O) groups excluding carboxylic acids is 1. The van der Waals surface area contributed by atoms with Crippen LogP contribution in [0.15, 0.2) is 41.3 Å². The van der Waals surface area contributed by atoms with Crippen molar-refractivity contribution in [2.75, 3.05) is 22.7 Å². The minimum Gasteiger partial charge on any atom is -0.370 e. The number of alkyl halides is 3. The average Bonchev–Trinajstić information content (AvgIpc) is 3.14. The van der Waals surface area contributed by atoms with E-state index in [0.717, 1.165) is 25.0 Å². The minimum absolute atomic E-state index is 0.0618. The Kier molecular flexibility index (Phi) is 5.68. The molecule has 1 amide bonds. The molecule has 0 spiro atoms. The summed E-state index contributed by atoms with van der Waals surface area (Å²) in [6.45, 7) is 1.37. The summed E-state index contributed by atoms with van der Waals surface area (Å²) in [5.41, 5.74) is 4.66. The highest BCUT2D eigenvalue weighted by atomic mass is 35.5. The van der Waals surface area contributed by atoms with Gasteiger partial charge in [0.15, 0.2) is 0 Å². The standard InChI is InChI=1S/C18H17ClF3N3O3S/c19-14-5-4-12(10-13(14)18(20,21)22)29(27,28)24-15-9-11(17(23)26)3-6-16(15)25-7-1-2-8-25/h3-6,9-10,24H,1-2,7-8H2,(H2,23,26). The molecule has 29 heavy (non-hydrogen) atoms. The molecule has 1 aliphatic rings. The van der Waals surface area contributed by atoms with E-state index in [1.807, 2.05) is 4.90 Å². The highest BCUT2D eigenvalue weighted by molar-refractivity contribution is 7.92. The van der Waals surface area contributed by atoms with Gasteiger partial charge in [-0.1, -0.05) is 11.6 Å². The van der Waals surface area contributed by atoms with E-state index in [1.165, 1.54) is 12.1 Å². The lowest BCUT2D eigenvalue weighted by Crippen LogP contribution is -2.22. The van der Waals surface area contributed by atoms with Crippen molar-refractivity contribution in [3.05, 3.63) is 52.5 Å². The van der Waals surface area contributed by atoms with Crippen LogP contribution in [0.25, 0.3) is 0 Å². The Morgan fingerprint density at radius 2 is 1.76 bits per heavy atom. The number of primary amides is 1. The summed E-state index contributed by atoms with van der Waals surface area (Å²) in [6.07, 6.45) is -2.99. The lowest BCUT2D eigenvalue weighted by Gasteiger charge is -2.22. The number of benzene rings is 2. The molecule has 3 rings (SSSR count). The van der Waals surface area contributed by atoms with E-state index in [2.05, 4.69) is 4.72 Å². The fourth-order valence-electron chi connectivity index (χ4n) is 3.10. The first-order valence-electron chi connectivity index (χ1n) is 8.57. The van der Waals surface area contributed by atoms with Gasteiger partial charge in [-0.05, 0) is 49.2 Å². The van der Waals surface area contributed by atoms with Crippen LogP contribution in [0.5, 0.6) is 0 Å². The Balaban J connectivity index is 2.04. The van der Waals surface area contributed by atoms with E-state index in [9.17, 15) is 26.4 Å². The SMILES string of the molecule is NC(=O)c1ccc(N2CCCC2)c(NS(=O)(=O)c2ccc(Cl)c(C(F)(F)F)c2)c1. The highest BCUT2D eigenvalue weighted by Crippen LogP contribution is 2.37. The second kappa shape index (κ2) is 7.75. The van der Waals surface area contributed by atoms with Crippen molar-refractivity contribution in [2.45, 2.75) is 23.9 Å². The molecule has 1 heterocycles. The average molecular weight is 448 g/mol. The van der Waals surface area contributed by atoms with Crippen LogP contribution in [0, 0.1) is 0 Å². The number of hydrogen-bond acceptors (Lipinski definition) is 4. The van der Waals surface area contributed by atoms with Crippen LogP contribution in [0.1, 0.15) is 28.8 Å². The van der Waals surface area contributed by atoms with Crippen LogP contribution in [0.4, 0.5) is 24.5 Å². The third kappa shape index (κ3) is 4.59.